The standard InChI is InChI=1S/C16H23N5O/c17-7-4-2-1-3-5-16(22)20-12-14-6-8-19-15(11-14)21-10-9-18-13-21/h6,8-11,13H,1-5,7,12,17H2,(H,20,22). The second-order valence-electron chi connectivity index (χ2n) is 5.22. The second kappa shape index (κ2) is 8.94. The maximum absolute atomic E-state index is 11.8. The number of hydrogen-bond acceptors (Lipinski definition) is 4. The molecule has 0 saturated heterocycles. The molecule has 2 aromatic heterocycles. The minimum atomic E-state index is 0.0914. The van der Waals surface area contributed by atoms with Gasteiger partial charge in [0, 0.05) is 31.6 Å². The molecule has 0 unspecified atom stereocenters. The zero-order chi connectivity index (χ0) is 15.6. The van der Waals surface area contributed by atoms with Gasteiger partial charge in [0.05, 0.1) is 0 Å². The molecule has 6 nitrogen and oxygen atoms in total. The molecule has 3 N–H and O–H groups in total. The Balaban J connectivity index is 1.75. The molecule has 6 heteroatoms. The number of carbonyl (C=O) groups is 1. The van der Waals surface area contributed by atoms with Crippen LogP contribution in [-0.4, -0.2) is 27.0 Å². The third-order valence-corrected chi connectivity index (χ3v) is 3.43. The van der Waals surface area contributed by atoms with E-state index in [2.05, 4.69) is 15.3 Å². The van der Waals surface area contributed by atoms with Crippen LogP contribution < -0.4 is 11.1 Å². The first-order valence-electron chi connectivity index (χ1n) is 7.69. The van der Waals surface area contributed by atoms with Crippen molar-refractivity contribution in [3.05, 3.63) is 42.6 Å². The molecule has 2 heterocycles. The summed E-state index contributed by atoms with van der Waals surface area (Å²) in [6, 6.07) is 3.85. The zero-order valence-electron chi connectivity index (χ0n) is 12.7. The molecular weight excluding hydrogens is 278 g/mol. The van der Waals surface area contributed by atoms with E-state index in [1.807, 2.05) is 22.9 Å². The SMILES string of the molecule is NCCCCCCC(=O)NCc1ccnc(-n2ccnc2)c1. The highest BCUT2D eigenvalue weighted by molar-refractivity contribution is 5.75. The van der Waals surface area contributed by atoms with Crippen molar-refractivity contribution in [3.8, 4) is 5.82 Å². The van der Waals surface area contributed by atoms with Gasteiger partial charge in [0.2, 0.25) is 5.91 Å². The molecular formula is C16H23N5O. The number of aromatic nitrogens is 3. The number of imidazole rings is 1. The third kappa shape index (κ3) is 5.29. The molecule has 0 saturated carbocycles. The second-order valence-corrected chi connectivity index (χ2v) is 5.22. The lowest BCUT2D eigenvalue weighted by Gasteiger charge is -2.07. The smallest absolute Gasteiger partial charge is 0.220 e. The monoisotopic (exact) mass is 301 g/mol. The van der Waals surface area contributed by atoms with Gasteiger partial charge in [-0.1, -0.05) is 12.8 Å². The molecule has 0 fully saturated rings. The fraction of sp³-hybridized carbons (Fsp3) is 0.438. The summed E-state index contributed by atoms with van der Waals surface area (Å²) in [6.45, 7) is 1.25. The molecule has 2 rings (SSSR count). The van der Waals surface area contributed by atoms with Crippen molar-refractivity contribution < 1.29 is 4.79 Å². The van der Waals surface area contributed by atoms with E-state index in [0.29, 0.717) is 13.0 Å². The first-order valence-corrected chi connectivity index (χ1v) is 7.69. The molecule has 0 aliphatic heterocycles. The average Bonchev–Trinajstić information content (AvgIpc) is 3.07. The van der Waals surface area contributed by atoms with Gasteiger partial charge in [-0.25, -0.2) is 9.97 Å². The van der Waals surface area contributed by atoms with Crippen LogP contribution in [0.2, 0.25) is 0 Å². The van der Waals surface area contributed by atoms with Crippen LogP contribution in [0.15, 0.2) is 37.1 Å². The zero-order valence-corrected chi connectivity index (χ0v) is 12.7. The van der Waals surface area contributed by atoms with Crippen molar-refractivity contribution in [1.82, 2.24) is 19.9 Å². The lowest BCUT2D eigenvalue weighted by Crippen LogP contribution is -2.22. The van der Waals surface area contributed by atoms with Crippen molar-refractivity contribution in [1.29, 1.82) is 0 Å². The molecule has 2 aromatic rings. The van der Waals surface area contributed by atoms with Gasteiger partial charge in [-0.3, -0.25) is 9.36 Å². The van der Waals surface area contributed by atoms with E-state index in [4.69, 9.17) is 5.73 Å². The van der Waals surface area contributed by atoms with Crippen LogP contribution in [0, 0.1) is 0 Å². The molecule has 0 aliphatic rings. The van der Waals surface area contributed by atoms with E-state index in [9.17, 15) is 4.79 Å². The number of hydrogen-bond donors (Lipinski definition) is 2. The van der Waals surface area contributed by atoms with Gasteiger partial charge in [-0.15, -0.1) is 0 Å². The quantitative estimate of drug-likeness (QED) is 0.691. The number of pyridine rings is 1. The number of rotatable bonds is 9. The maximum Gasteiger partial charge on any atom is 0.220 e. The number of unbranched alkanes of at least 4 members (excludes halogenated alkanes) is 3. The van der Waals surface area contributed by atoms with E-state index in [-0.39, 0.29) is 5.91 Å². The van der Waals surface area contributed by atoms with E-state index in [1.165, 1.54) is 0 Å². The topological polar surface area (TPSA) is 85.8 Å². The summed E-state index contributed by atoms with van der Waals surface area (Å²) >= 11 is 0. The van der Waals surface area contributed by atoms with Crippen LogP contribution in [0.25, 0.3) is 5.82 Å². The lowest BCUT2D eigenvalue weighted by atomic mass is 10.1. The molecule has 0 aromatic carbocycles. The van der Waals surface area contributed by atoms with Gasteiger partial charge in [-0.05, 0) is 37.1 Å². The van der Waals surface area contributed by atoms with E-state index < -0.39 is 0 Å². The third-order valence-electron chi connectivity index (χ3n) is 3.43. The van der Waals surface area contributed by atoms with E-state index >= 15 is 0 Å². The first kappa shape index (κ1) is 16.2. The van der Waals surface area contributed by atoms with Crippen LogP contribution in [0.4, 0.5) is 0 Å². The number of nitrogens with two attached hydrogens (primary N) is 1. The predicted octanol–water partition coefficient (Wildman–Crippen LogP) is 1.79. The average molecular weight is 301 g/mol. The fourth-order valence-corrected chi connectivity index (χ4v) is 2.18. The Morgan fingerprint density at radius 3 is 2.86 bits per heavy atom. The van der Waals surface area contributed by atoms with Crippen LogP contribution in [-0.2, 0) is 11.3 Å². The Hall–Kier alpha value is -2.21. The summed E-state index contributed by atoms with van der Waals surface area (Å²) < 4.78 is 1.84. The van der Waals surface area contributed by atoms with Crippen LogP contribution in [0.5, 0.6) is 0 Å². The van der Waals surface area contributed by atoms with Crippen LogP contribution in [0.1, 0.15) is 37.7 Å². The van der Waals surface area contributed by atoms with Crippen molar-refractivity contribution in [2.24, 2.45) is 5.73 Å². The Morgan fingerprint density at radius 2 is 2.09 bits per heavy atom. The Bertz CT molecular complexity index is 568. The normalized spacial score (nSPS) is 10.6. The lowest BCUT2D eigenvalue weighted by molar-refractivity contribution is -0.121. The van der Waals surface area contributed by atoms with E-state index in [0.717, 1.165) is 43.6 Å². The van der Waals surface area contributed by atoms with Gasteiger partial charge >= 0.3 is 0 Å². The van der Waals surface area contributed by atoms with E-state index in [1.54, 1.807) is 18.7 Å². The summed E-state index contributed by atoms with van der Waals surface area (Å²) in [6.07, 6.45) is 11.7. The summed E-state index contributed by atoms with van der Waals surface area (Å²) in [5.41, 5.74) is 6.46. The molecule has 0 aliphatic carbocycles. The van der Waals surface area contributed by atoms with Crippen LogP contribution in [0.3, 0.4) is 0 Å². The van der Waals surface area contributed by atoms with Gasteiger partial charge in [0.25, 0.3) is 0 Å². The largest absolute Gasteiger partial charge is 0.352 e. The predicted molar refractivity (Wildman–Crippen MR) is 85.3 cm³/mol. The van der Waals surface area contributed by atoms with Crippen molar-refractivity contribution in [2.45, 2.75) is 38.6 Å². The number of carbonyl (C=O) groups excluding carboxylic acids is 1. The van der Waals surface area contributed by atoms with Crippen molar-refractivity contribution >= 4 is 5.91 Å². The number of nitrogens with one attached hydrogen (secondary N) is 1. The first-order chi connectivity index (χ1) is 10.8. The molecule has 0 bridgehead atoms. The summed E-state index contributed by atoms with van der Waals surface area (Å²) in [5, 5.41) is 2.95. The van der Waals surface area contributed by atoms with Gasteiger partial charge in [0.1, 0.15) is 12.1 Å². The Kier molecular flexibility index (Phi) is 6.57. The highest BCUT2D eigenvalue weighted by Crippen LogP contribution is 2.07. The fourth-order valence-electron chi connectivity index (χ4n) is 2.18. The molecule has 0 radical (unpaired) electrons. The van der Waals surface area contributed by atoms with Gasteiger partial charge < -0.3 is 11.1 Å². The minimum Gasteiger partial charge on any atom is -0.352 e. The molecule has 22 heavy (non-hydrogen) atoms. The summed E-state index contributed by atoms with van der Waals surface area (Å²) in [5.74, 6) is 0.889. The summed E-state index contributed by atoms with van der Waals surface area (Å²) in [7, 11) is 0. The Morgan fingerprint density at radius 1 is 1.23 bits per heavy atom. The summed E-state index contributed by atoms with van der Waals surface area (Å²) in [4.78, 5) is 20.1. The molecule has 0 spiro atoms. The minimum absolute atomic E-state index is 0.0914. The van der Waals surface area contributed by atoms with Gasteiger partial charge in [0.15, 0.2) is 0 Å². The van der Waals surface area contributed by atoms with Crippen molar-refractivity contribution in [2.75, 3.05) is 6.54 Å². The van der Waals surface area contributed by atoms with Gasteiger partial charge in [-0.2, -0.15) is 0 Å². The Labute approximate surface area is 130 Å². The number of nitrogens with zero attached hydrogens (tertiary/aromatic N) is 3. The highest BCUT2D eigenvalue weighted by atomic mass is 16.1. The van der Waals surface area contributed by atoms with Crippen molar-refractivity contribution in [3.63, 3.8) is 0 Å². The molecule has 1 amide bonds. The molecule has 118 valence electrons. The maximum atomic E-state index is 11.8. The molecule has 0 atom stereocenters. The number of amides is 1. The highest BCUT2D eigenvalue weighted by Gasteiger charge is 2.03. The van der Waals surface area contributed by atoms with Crippen LogP contribution >= 0.6 is 0 Å².